The third kappa shape index (κ3) is 3.71. The maximum Gasteiger partial charge on any atom is 0.319 e. The minimum atomic E-state index is -0.0931. The van der Waals surface area contributed by atoms with E-state index in [-0.39, 0.29) is 12.1 Å². The van der Waals surface area contributed by atoms with Gasteiger partial charge in [0, 0.05) is 37.4 Å². The normalized spacial score (nSPS) is 27.9. The van der Waals surface area contributed by atoms with Crippen LogP contribution in [-0.4, -0.2) is 24.2 Å². The number of carbonyl (C=O) groups is 1. The predicted octanol–water partition coefficient (Wildman–Crippen LogP) is 2.49. The van der Waals surface area contributed by atoms with Crippen LogP contribution in [0.1, 0.15) is 37.0 Å². The number of urea groups is 1. The van der Waals surface area contributed by atoms with Crippen LogP contribution in [0.3, 0.4) is 0 Å². The Labute approximate surface area is 148 Å². The third-order valence-corrected chi connectivity index (χ3v) is 5.62. The number of benzene rings is 1. The number of quaternary nitrogens is 1. The molecule has 0 spiro atoms. The molecule has 1 aromatic heterocycles. The summed E-state index contributed by atoms with van der Waals surface area (Å²) in [6.07, 6.45) is 6.35. The molecule has 0 saturated carbocycles. The molecule has 25 heavy (non-hydrogen) atoms. The van der Waals surface area contributed by atoms with Crippen LogP contribution in [0.2, 0.25) is 0 Å². The van der Waals surface area contributed by atoms with E-state index in [1.165, 1.54) is 12.8 Å². The maximum absolute atomic E-state index is 12.3. The molecule has 2 aliphatic rings. The molecule has 4 rings (SSSR count). The number of carbonyl (C=O) groups excluding carboxylic acids is 1. The summed E-state index contributed by atoms with van der Waals surface area (Å²) in [6.45, 7) is 2.99. The van der Waals surface area contributed by atoms with Gasteiger partial charge >= 0.3 is 6.03 Å². The summed E-state index contributed by atoms with van der Waals surface area (Å²) in [5.41, 5.74) is 1.99. The van der Waals surface area contributed by atoms with Gasteiger partial charge in [0.1, 0.15) is 6.54 Å². The van der Waals surface area contributed by atoms with Crippen molar-refractivity contribution in [2.24, 2.45) is 0 Å². The first-order valence-electron chi connectivity index (χ1n) is 9.19. The molecule has 2 fully saturated rings. The Hall–Kier alpha value is -2.27. The number of furan rings is 1. The van der Waals surface area contributed by atoms with E-state index in [0.29, 0.717) is 12.1 Å². The van der Waals surface area contributed by atoms with Crippen molar-refractivity contribution >= 4 is 11.7 Å². The molecule has 2 aliphatic heterocycles. The van der Waals surface area contributed by atoms with Crippen molar-refractivity contribution in [1.82, 2.24) is 5.32 Å². The Morgan fingerprint density at radius 3 is 2.68 bits per heavy atom. The van der Waals surface area contributed by atoms with E-state index >= 15 is 0 Å². The number of nitrogens with one attached hydrogen (secondary N) is 3. The van der Waals surface area contributed by atoms with Crippen LogP contribution in [-0.2, 0) is 6.54 Å². The number of amides is 2. The first-order chi connectivity index (χ1) is 12.2. The lowest BCUT2D eigenvalue weighted by atomic mass is 9.97. The average Bonchev–Trinajstić information content (AvgIpc) is 3.15. The number of anilines is 1. The van der Waals surface area contributed by atoms with Gasteiger partial charge in [-0.3, -0.25) is 0 Å². The Morgan fingerprint density at radius 1 is 1.20 bits per heavy atom. The minimum absolute atomic E-state index is 0.0931. The van der Waals surface area contributed by atoms with Crippen molar-refractivity contribution < 1.29 is 14.1 Å². The summed E-state index contributed by atoms with van der Waals surface area (Å²) in [5, 5.41) is 6.14. The molecule has 3 N–H and O–H groups in total. The fourth-order valence-corrected chi connectivity index (χ4v) is 4.52. The highest BCUT2D eigenvalue weighted by atomic mass is 16.3. The lowest BCUT2D eigenvalue weighted by Crippen LogP contribution is -3.17. The molecule has 0 aliphatic carbocycles. The van der Waals surface area contributed by atoms with Crippen LogP contribution < -0.4 is 15.5 Å². The second-order valence-electron chi connectivity index (χ2n) is 7.44. The molecule has 132 valence electrons. The van der Waals surface area contributed by atoms with Gasteiger partial charge in [0.25, 0.3) is 0 Å². The van der Waals surface area contributed by atoms with Crippen LogP contribution >= 0.6 is 0 Å². The topological polar surface area (TPSA) is 58.7 Å². The van der Waals surface area contributed by atoms with Crippen molar-refractivity contribution in [3.05, 3.63) is 54.0 Å². The molecule has 2 aromatic rings. The zero-order valence-electron chi connectivity index (χ0n) is 14.6. The summed E-state index contributed by atoms with van der Waals surface area (Å²) in [5.74, 6) is 1.07. The second kappa shape index (κ2) is 6.92. The largest absolute Gasteiger partial charge is 0.463 e. The monoisotopic (exact) mass is 340 g/mol. The second-order valence-corrected chi connectivity index (χ2v) is 7.44. The number of hydrogen-bond donors (Lipinski definition) is 3. The highest BCUT2D eigenvalue weighted by Gasteiger charge is 2.45. The lowest BCUT2D eigenvalue weighted by molar-refractivity contribution is -0.955. The van der Waals surface area contributed by atoms with Crippen LogP contribution in [0.25, 0.3) is 0 Å². The zero-order valence-corrected chi connectivity index (χ0v) is 14.6. The number of piperidine rings is 1. The molecule has 0 unspecified atom stereocenters. The Balaban J connectivity index is 1.32. The summed E-state index contributed by atoms with van der Waals surface area (Å²) < 4.78 is 5.53. The van der Waals surface area contributed by atoms with Crippen LogP contribution in [0.4, 0.5) is 10.5 Å². The van der Waals surface area contributed by atoms with Gasteiger partial charge in [-0.15, -0.1) is 0 Å². The highest BCUT2D eigenvalue weighted by Crippen LogP contribution is 2.23. The first-order valence-corrected chi connectivity index (χ1v) is 9.19. The van der Waals surface area contributed by atoms with E-state index in [9.17, 15) is 4.79 Å². The molecule has 2 amide bonds. The molecule has 5 heteroatoms. The average molecular weight is 340 g/mol. The number of fused-ring (bicyclic) bond motifs is 2. The summed E-state index contributed by atoms with van der Waals surface area (Å²) >= 11 is 0. The van der Waals surface area contributed by atoms with Gasteiger partial charge in [-0.25, -0.2) is 4.79 Å². The van der Waals surface area contributed by atoms with Gasteiger partial charge in [0.15, 0.2) is 5.76 Å². The highest BCUT2D eigenvalue weighted by molar-refractivity contribution is 5.89. The Bertz CT molecular complexity index is 714. The standard InChI is InChI=1S/C20H25N3O2/c1-14-4-2-5-15(10-14)21-20(24)22-16-11-17-7-8-18(12-16)23(17)13-19-6-3-9-25-19/h2-6,9-10,16-18H,7-8,11-13H2,1H3,(H2,21,22,24)/p+1/t17-,18-/m1/s1. The number of rotatable bonds is 4. The third-order valence-electron chi connectivity index (χ3n) is 5.62. The van der Waals surface area contributed by atoms with E-state index in [0.717, 1.165) is 36.4 Å². The number of aryl methyl sites for hydroxylation is 1. The summed E-state index contributed by atoms with van der Waals surface area (Å²) in [7, 11) is 0. The van der Waals surface area contributed by atoms with Gasteiger partial charge in [-0.1, -0.05) is 12.1 Å². The van der Waals surface area contributed by atoms with Gasteiger partial charge < -0.3 is 20.0 Å². The van der Waals surface area contributed by atoms with E-state index < -0.39 is 0 Å². The fraction of sp³-hybridized carbons (Fsp3) is 0.450. The predicted molar refractivity (Wildman–Crippen MR) is 96.5 cm³/mol. The number of hydrogen-bond acceptors (Lipinski definition) is 2. The summed E-state index contributed by atoms with van der Waals surface area (Å²) in [6, 6.07) is 13.3. The van der Waals surface area contributed by atoms with Gasteiger partial charge in [0.05, 0.1) is 18.3 Å². The van der Waals surface area contributed by atoms with Crippen molar-refractivity contribution in [3.8, 4) is 0 Å². The maximum atomic E-state index is 12.3. The molecule has 5 nitrogen and oxygen atoms in total. The smallest absolute Gasteiger partial charge is 0.319 e. The fourth-order valence-electron chi connectivity index (χ4n) is 4.52. The van der Waals surface area contributed by atoms with E-state index in [1.54, 1.807) is 11.2 Å². The van der Waals surface area contributed by atoms with Gasteiger partial charge in [-0.2, -0.15) is 0 Å². The van der Waals surface area contributed by atoms with Gasteiger partial charge in [-0.05, 0) is 36.8 Å². The zero-order chi connectivity index (χ0) is 17.2. The molecular weight excluding hydrogens is 314 g/mol. The van der Waals surface area contributed by atoms with Crippen LogP contribution in [0.15, 0.2) is 47.1 Å². The van der Waals surface area contributed by atoms with Crippen molar-refractivity contribution in [3.63, 3.8) is 0 Å². The molecule has 2 bridgehead atoms. The van der Waals surface area contributed by atoms with Crippen LogP contribution in [0.5, 0.6) is 0 Å². The molecule has 2 atom stereocenters. The SMILES string of the molecule is Cc1cccc(NC(=O)NC2C[C@H]3CC[C@H](C2)[NH+]3Cc2ccco2)c1. The molecule has 3 heterocycles. The van der Waals surface area contributed by atoms with E-state index in [4.69, 9.17) is 4.42 Å². The molecule has 2 saturated heterocycles. The van der Waals surface area contributed by atoms with Crippen LogP contribution in [0, 0.1) is 6.92 Å². The molecule has 1 aromatic carbocycles. The molecule has 0 radical (unpaired) electrons. The van der Waals surface area contributed by atoms with Gasteiger partial charge in [0.2, 0.25) is 0 Å². The minimum Gasteiger partial charge on any atom is -0.463 e. The van der Waals surface area contributed by atoms with Crippen molar-refractivity contribution in [1.29, 1.82) is 0 Å². The van der Waals surface area contributed by atoms with E-state index in [2.05, 4.69) is 16.7 Å². The van der Waals surface area contributed by atoms with Crippen molar-refractivity contribution in [2.45, 2.75) is 57.3 Å². The van der Waals surface area contributed by atoms with E-state index in [1.807, 2.05) is 37.3 Å². The van der Waals surface area contributed by atoms with Crippen molar-refractivity contribution in [2.75, 3.05) is 5.32 Å². The first kappa shape index (κ1) is 16.2. The lowest BCUT2D eigenvalue weighted by Gasteiger charge is -2.35. The Kier molecular flexibility index (Phi) is 4.49. The Morgan fingerprint density at radius 2 is 2.00 bits per heavy atom. The summed E-state index contributed by atoms with van der Waals surface area (Å²) in [4.78, 5) is 14.0. The molecular formula is C20H26N3O2+. The quantitative estimate of drug-likeness (QED) is 0.801.